The highest BCUT2D eigenvalue weighted by Gasteiger charge is 2.64. The Morgan fingerprint density at radius 3 is 2.25 bits per heavy atom. The number of hydrogen-bond acceptors (Lipinski definition) is 4. The van der Waals surface area contributed by atoms with Crippen LogP contribution in [0.15, 0.2) is 49.1 Å². The van der Waals surface area contributed by atoms with Crippen LogP contribution in [-0.2, 0) is 9.53 Å². The van der Waals surface area contributed by atoms with Gasteiger partial charge in [-0.3, -0.25) is 14.9 Å². The van der Waals surface area contributed by atoms with Crippen molar-refractivity contribution >= 4 is 70.0 Å². The third-order valence-corrected chi connectivity index (χ3v) is 14.9. The molecular weight excluding hydrogens is 752 g/mol. The number of fused-ring (bicyclic) bond motifs is 5. The molecule has 4 saturated carbocycles. The lowest BCUT2D eigenvalue weighted by Crippen LogP contribution is -2.62. The van der Waals surface area contributed by atoms with Gasteiger partial charge in [0, 0.05) is 57.4 Å². The van der Waals surface area contributed by atoms with Gasteiger partial charge in [-0.2, -0.15) is 0 Å². The zero-order valence-electron chi connectivity index (χ0n) is 31.2. The first-order chi connectivity index (χ1) is 25.1. The van der Waals surface area contributed by atoms with Gasteiger partial charge in [0.05, 0.1) is 0 Å². The quantitative estimate of drug-likeness (QED) is 0.234. The van der Waals surface area contributed by atoms with Gasteiger partial charge < -0.3 is 15.0 Å². The fourth-order valence-corrected chi connectivity index (χ4v) is 12.4. The molecule has 10 atom stereocenters. The summed E-state index contributed by atoms with van der Waals surface area (Å²) in [7, 11) is 1.83. The van der Waals surface area contributed by atoms with E-state index in [0.29, 0.717) is 79.8 Å². The monoisotopic (exact) mass is 803 g/mol. The van der Waals surface area contributed by atoms with Crippen LogP contribution in [0.3, 0.4) is 0 Å². The standard InChI is InChI=1S/C42H53Cl4N3O4/c1-6-15-49(5)38(50)12-7-24(2)34-10-11-35-33-9-8-26-18-32(53-40(52)47-31-21-29(45)20-30(46)22-31)13-14-41(26,3)36(33)23-37(42(34,35)4)48-39(51)25-16-27(43)19-28(44)17-25/h6,16-17,19-22,24,26,32-37H,1,7-15,18,23H2,2-5H3,(H,47,52)(H,48,51)/t24-,26-,32-,33+,34-,35+,36+,37+,41+,42-/m1/s1. The third-order valence-electron chi connectivity index (χ3n) is 14.0. The lowest BCUT2D eigenvalue weighted by atomic mass is 9.43. The van der Waals surface area contributed by atoms with Crippen LogP contribution in [0.1, 0.15) is 95.3 Å². The van der Waals surface area contributed by atoms with Gasteiger partial charge in [-0.15, -0.1) is 6.58 Å². The van der Waals surface area contributed by atoms with Gasteiger partial charge in [0.25, 0.3) is 5.91 Å². The molecule has 53 heavy (non-hydrogen) atoms. The van der Waals surface area contributed by atoms with Crippen LogP contribution >= 0.6 is 46.4 Å². The summed E-state index contributed by atoms with van der Waals surface area (Å²) in [4.78, 5) is 41.7. The molecule has 2 N–H and O–H groups in total. The number of amides is 3. The molecule has 0 unspecified atom stereocenters. The predicted octanol–water partition coefficient (Wildman–Crippen LogP) is 11.3. The van der Waals surface area contributed by atoms with E-state index in [0.717, 1.165) is 57.8 Å². The molecule has 7 nitrogen and oxygen atoms in total. The van der Waals surface area contributed by atoms with E-state index in [1.807, 2.05) is 7.05 Å². The Bertz CT molecular complexity index is 1680. The molecule has 288 valence electrons. The number of halogens is 4. The van der Waals surface area contributed by atoms with E-state index in [1.165, 1.54) is 0 Å². The number of nitrogens with one attached hydrogen (secondary N) is 2. The molecule has 3 amide bonds. The molecule has 4 aliphatic rings. The largest absolute Gasteiger partial charge is 0.446 e. The molecular formula is C42H53Cl4N3O4. The van der Waals surface area contributed by atoms with Crippen molar-refractivity contribution in [1.82, 2.24) is 10.2 Å². The summed E-state index contributed by atoms with van der Waals surface area (Å²) >= 11 is 25.0. The number of rotatable bonds is 10. The second-order valence-electron chi connectivity index (χ2n) is 16.8. The highest BCUT2D eigenvalue weighted by Crippen LogP contribution is 2.68. The maximum absolute atomic E-state index is 14.1. The molecule has 4 aliphatic carbocycles. The van der Waals surface area contributed by atoms with Gasteiger partial charge >= 0.3 is 6.09 Å². The Labute approximate surface area is 334 Å². The average molecular weight is 806 g/mol. The second kappa shape index (κ2) is 16.3. The average Bonchev–Trinajstić information content (AvgIpc) is 3.45. The van der Waals surface area contributed by atoms with Crippen molar-refractivity contribution in [1.29, 1.82) is 0 Å². The number of carbonyl (C=O) groups excluding carboxylic acids is 3. The molecule has 2 aromatic carbocycles. The van der Waals surface area contributed by atoms with E-state index in [-0.39, 0.29) is 34.8 Å². The summed E-state index contributed by atoms with van der Waals surface area (Å²) in [6.45, 7) is 11.5. The van der Waals surface area contributed by atoms with E-state index in [2.05, 4.69) is 38.0 Å². The molecule has 0 aliphatic heterocycles. The molecule has 0 aromatic heterocycles. The summed E-state index contributed by atoms with van der Waals surface area (Å²) < 4.78 is 5.99. The van der Waals surface area contributed by atoms with Gasteiger partial charge in [-0.05, 0) is 141 Å². The van der Waals surface area contributed by atoms with Crippen LogP contribution in [0.5, 0.6) is 0 Å². The lowest BCUT2D eigenvalue weighted by molar-refractivity contribution is -0.140. The van der Waals surface area contributed by atoms with Gasteiger partial charge in [0.2, 0.25) is 5.91 Å². The SMILES string of the molecule is C=CCN(C)C(=O)CC[C@@H](C)[C@H]1CC[C@H]2[C@@H]3CC[C@@H]4C[C@H](OC(=O)Nc5cc(Cl)cc(Cl)c5)CC[C@]4(C)[C@H]3C[C@H](NC(=O)c3cc(Cl)cc(Cl)c3)[C@]12C. The Balaban J connectivity index is 1.21. The van der Waals surface area contributed by atoms with Crippen LogP contribution in [0.25, 0.3) is 0 Å². The molecule has 6 rings (SSSR count). The lowest BCUT2D eigenvalue weighted by Gasteiger charge is -2.63. The predicted molar refractivity (Wildman–Crippen MR) is 215 cm³/mol. The highest BCUT2D eigenvalue weighted by molar-refractivity contribution is 6.35. The summed E-state index contributed by atoms with van der Waals surface area (Å²) in [5.41, 5.74) is 0.879. The first-order valence-corrected chi connectivity index (χ1v) is 20.7. The van der Waals surface area contributed by atoms with Crippen molar-refractivity contribution in [3.63, 3.8) is 0 Å². The Hall–Kier alpha value is -2.45. The fourth-order valence-electron chi connectivity index (χ4n) is 11.4. The number of nitrogens with zero attached hydrogens (tertiary/aromatic N) is 1. The van der Waals surface area contributed by atoms with E-state index >= 15 is 0 Å². The zero-order chi connectivity index (χ0) is 38.2. The van der Waals surface area contributed by atoms with E-state index in [9.17, 15) is 14.4 Å². The molecule has 0 bridgehead atoms. The Morgan fingerprint density at radius 2 is 1.58 bits per heavy atom. The summed E-state index contributed by atoms with van der Waals surface area (Å²) in [6, 6.07) is 9.87. The zero-order valence-corrected chi connectivity index (χ0v) is 34.3. The maximum Gasteiger partial charge on any atom is 0.411 e. The Morgan fingerprint density at radius 1 is 0.925 bits per heavy atom. The number of anilines is 1. The number of ether oxygens (including phenoxy) is 1. The minimum absolute atomic E-state index is 0.0509. The summed E-state index contributed by atoms with van der Waals surface area (Å²) in [6.07, 6.45) is 10.3. The second-order valence-corrected chi connectivity index (χ2v) is 18.5. The molecule has 11 heteroatoms. The van der Waals surface area contributed by atoms with Gasteiger partial charge in [-0.1, -0.05) is 73.3 Å². The van der Waals surface area contributed by atoms with Crippen LogP contribution in [0.4, 0.5) is 10.5 Å². The van der Waals surface area contributed by atoms with Crippen LogP contribution < -0.4 is 10.6 Å². The first kappa shape index (κ1) is 40.2. The molecule has 2 aromatic rings. The third kappa shape index (κ3) is 8.39. The number of hydrogen-bond donors (Lipinski definition) is 2. The van der Waals surface area contributed by atoms with E-state index < -0.39 is 6.09 Å². The van der Waals surface area contributed by atoms with Gasteiger partial charge in [-0.25, -0.2) is 4.79 Å². The van der Waals surface area contributed by atoms with Crippen LogP contribution in [0, 0.1) is 46.3 Å². The van der Waals surface area contributed by atoms with Crippen molar-refractivity contribution < 1.29 is 19.1 Å². The van der Waals surface area contributed by atoms with Gasteiger partial charge in [0.1, 0.15) is 6.10 Å². The minimum atomic E-state index is -0.497. The van der Waals surface area contributed by atoms with Crippen LogP contribution in [0.2, 0.25) is 20.1 Å². The molecule has 4 fully saturated rings. The molecule has 0 radical (unpaired) electrons. The Kier molecular flexibility index (Phi) is 12.4. The van der Waals surface area contributed by atoms with Gasteiger partial charge in [0.15, 0.2) is 0 Å². The normalized spacial score (nSPS) is 32.3. The van der Waals surface area contributed by atoms with Crippen LogP contribution in [-0.4, -0.2) is 48.5 Å². The number of carbonyl (C=O) groups is 3. The summed E-state index contributed by atoms with van der Waals surface area (Å²) in [5, 5.41) is 8.10. The number of likely N-dealkylation sites (N-methyl/N-ethyl adjacent to an activating group) is 1. The van der Waals surface area contributed by atoms with Crippen molar-refractivity contribution in [3.05, 3.63) is 74.7 Å². The topological polar surface area (TPSA) is 87.7 Å². The van der Waals surface area contributed by atoms with Crippen molar-refractivity contribution in [2.45, 2.75) is 97.1 Å². The van der Waals surface area contributed by atoms with E-state index in [4.69, 9.17) is 51.1 Å². The van der Waals surface area contributed by atoms with E-state index in [1.54, 1.807) is 47.4 Å². The molecule has 0 heterocycles. The molecule has 0 spiro atoms. The smallest absolute Gasteiger partial charge is 0.411 e. The molecule has 0 saturated heterocycles. The van der Waals surface area contributed by atoms with Crippen molar-refractivity contribution in [2.24, 2.45) is 46.3 Å². The summed E-state index contributed by atoms with van der Waals surface area (Å²) in [5.74, 6) is 2.47. The first-order valence-electron chi connectivity index (χ1n) is 19.2. The number of benzene rings is 2. The maximum atomic E-state index is 14.1. The fraction of sp³-hybridized carbons (Fsp3) is 0.595. The van der Waals surface area contributed by atoms with Crippen molar-refractivity contribution in [2.75, 3.05) is 18.9 Å². The minimum Gasteiger partial charge on any atom is -0.446 e. The van der Waals surface area contributed by atoms with Crippen molar-refractivity contribution in [3.8, 4) is 0 Å². The highest BCUT2D eigenvalue weighted by atomic mass is 35.5.